The molecule has 9 nitrogen and oxygen atoms in total. The van der Waals surface area contributed by atoms with Gasteiger partial charge in [-0.25, -0.2) is 14.2 Å². The number of amides is 2. The van der Waals surface area contributed by atoms with Crippen molar-refractivity contribution in [2.45, 2.75) is 38.8 Å². The van der Waals surface area contributed by atoms with E-state index in [-0.39, 0.29) is 18.1 Å². The van der Waals surface area contributed by atoms with Crippen LogP contribution in [0, 0.1) is 5.82 Å². The summed E-state index contributed by atoms with van der Waals surface area (Å²) in [6.45, 7) is 5.25. The summed E-state index contributed by atoms with van der Waals surface area (Å²) in [5.41, 5.74) is 3.88. The van der Waals surface area contributed by atoms with Gasteiger partial charge in [0.05, 0.1) is 5.69 Å². The number of fused-ring (bicyclic) bond motifs is 1. The van der Waals surface area contributed by atoms with E-state index in [9.17, 15) is 14.0 Å². The number of H-pyrrole nitrogens is 1. The molecule has 0 saturated heterocycles. The topological polar surface area (TPSA) is 122 Å². The van der Waals surface area contributed by atoms with Gasteiger partial charge >= 0.3 is 6.09 Å². The van der Waals surface area contributed by atoms with Gasteiger partial charge in [-0.15, -0.1) is 0 Å². The molecule has 0 bridgehead atoms. The highest BCUT2D eigenvalue weighted by atomic mass is 19.1. The van der Waals surface area contributed by atoms with Crippen LogP contribution in [-0.2, 0) is 16.0 Å². The molecule has 0 aliphatic heterocycles. The van der Waals surface area contributed by atoms with Crippen molar-refractivity contribution in [1.82, 2.24) is 25.3 Å². The van der Waals surface area contributed by atoms with Crippen LogP contribution in [-0.4, -0.2) is 43.6 Å². The Hall–Kier alpha value is -5.12. The van der Waals surface area contributed by atoms with Crippen molar-refractivity contribution in [3.05, 3.63) is 96.8 Å². The fraction of sp³-hybridized carbons (Fsp3) is 0.194. The Balaban J connectivity index is 1.46. The molecule has 0 radical (unpaired) electrons. The second-order valence-corrected chi connectivity index (χ2v) is 10.5. The molecule has 208 valence electrons. The number of carbonyl (C=O) groups excluding carboxylic acids is 2. The molecule has 4 heterocycles. The number of ether oxygens (including phenoxy) is 1. The number of nitrogens with one attached hydrogen (secondary N) is 3. The predicted octanol–water partition coefficient (Wildman–Crippen LogP) is 5.90. The highest BCUT2D eigenvalue weighted by molar-refractivity contribution is 6.04. The molecule has 10 heteroatoms. The van der Waals surface area contributed by atoms with Crippen LogP contribution in [0.3, 0.4) is 0 Å². The lowest BCUT2D eigenvalue weighted by molar-refractivity contribution is -0.118. The molecule has 0 fully saturated rings. The van der Waals surface area contributed by atoms with E-state index < -0.39 is 23.6 Å². The molecule has 0 saturated carbocycles. The zero-order chi connectivity index (χ0) is 29.0. The highest BCUT2D eigenvalue weighted by Crippen LogP contribution is 2.38. The van der Waals surface area contributed by atoms with Crippen LogP contribution in [0.5, 0.6) is 0 Å². The summed E-state index contributed by atoms with van der Waals surface area (Å²) in [5, 5.41) is 6.30. The zero-order valence-electron chi connectivity index (χ0n) is 22.8. The van der Waals surface area contributed by atoms with Crippen LogP contribution in [0.4, 0.5) is 15.0 Å². The average molecular weight is 553 g/mol. The maximum absolute atomic E-state index is 13.7. The number of alkyl carbamates (subject to hydrolysis) is 1. The molecule has 41 heavy (non-hydrogen) atoms. The number of halogens is 1. The fourth-order valence-electron chi connectivity index (χ4n) is 4.42. The average Bonchev–Trinajstić information content (AvgIpc) is 3.32. The van der Waals surface area contributed by atoms with Crippen LogP contribution in [0.15, 0.2) is 85.5 Å². The smallest absolute Gasteiger partial charge is 0.408 e. The van der Waals surface area contributed by atoms with Crippen LogP contribution in [0.25, 0.3) is 33.4 Å². The number of aromatic amines is 1. The number of pyridine rings is 3. The molecular weight excluding hydrogens is 523 g/mol. The van der Waals surface area contributed by atoms with E-state index in [4.69, 9.17) is 4.74 Å². The molecule has 5 aromatic rings. The van der Waals surface area contributed by atoms with E-state index in [1.165, 1.54) is 12.1 Å². The van der Waals surface area contributed by atoms with Crippen LogP contribution in [0.2, 0.25) is 0 Å². The van der Waals surface area contributed by atoms with Crippen molar-refractivity contribution in [3.63, 3.8) is 0 Å². The lowest BCUT2D eigenvalue weighted by Gasteiger charge is -2.23. The molecule has 1 aromatic carbocycles. The zero-order valence-corrected chi connectivity index (χ0v) is 22.8. The molecule has 0 spiro atoms. The summed E-state index contributed by atoms with van der Waals surface area (Å²) < 4.78 is 19.0. The Kier molecular flexibility index (Phi) is 7.73. The molecule has 4 aromatic heterocycles. The van der Waals surface area contributed by atoms with Crippen molar-refractivity contribution < 1.29 is 18.7 Å². The lowest BCUT2D eigenvalue weighted by Crippen LogP contribution is -2.47. The van der Waals surface area contributed by atoms with E-state index in [2.05, 4.69) is 30.6 Å². The number of benzene rings is 1. The van der Waals surface area contributed by atoms with Gasteiger partial charge in [-0.2, -0.15) is 0 Å². The number of carbonyl (C=O) groups is 2. The Morgan fingerprint density at radius 2 is 1.71 bits per heavy atom. The minimum absolute atomic E-state index is 0.199. The first-order chi connectivity index (χ1) is 19.7. The largest absolute Gasteiger partial charge is 0.444 e. The van der Waals surface area contributed by atoms with Gasteiger partial charge in [0.15, 0.2) is 0 Å². The minimum Gasteiger partial charge on any atom is -0.444 e. The summed E-state index contributed by atoms with van der Waals surface area (Å²) in [7, 11) is 0. The first-order valence-electron chi connectivity index (χ1n) is 13.0. The number of anilines is 1. The van der Waals surface area contributed by atoms with Gasteiger partial charge in [-0.3, -0.25) is 14.8 Å². The van der Waals surface area contributed by atoms with Crippen molar-refractivity contribution in [2.24, 2.45) is 0 Å². The Morgan fingerprint density at radius 3 is 2.39 bits per heavy atom. The van der Waals surface area contributed by atoms with Crippen LogP contribution < -0.4 is 10.6 Å². The third-order valence-electron chi connectivity index (χ3n) is 6.18. The van der Waals surface area contributed by atoms with E-state index in [0.29, 0.717) is 5.65 Å². The number of nitrogens with zero attached hydrogens (tertiary/aromatic N) is 3. The first-order valence-corrected chi connectivity index (χ1v) is 13.0. The maximum atomic E-state index is 13.7. The second kappa shape index (κ2) is 11.5. The van der Waals surface area contributed by atoms with Gasteiger partial charge in [-0.05, 0) is 92.1 Å². The summed E-state index contributed by atoms with van der Waals surface area (Å²) in [5.74, 6) is -0.511. The minimum atomic E-state index is -0.947. The standard InChI is InChI=1S/C31H29FN6O3/c1-31(2,3)41-30(40)35-24(17-19-5-4-14-34-18-19)29(39)37-25-11-10-23-26(20-12-15-33-16-13-20)27(38-28(23)36-25)21-6-8-22(32)9-7-21/h4-16,18,24H,17H2,1-3H3,(H,35,40)(H2,36,37,38,39)/t24-/m0/s1. The van der Waals surface area contributed by atoms with Gasteiger partial charge < -0.3 is 20.4 Å². The second-order valence-electron chi connectivity index (χ2n) is 10.5. The number of rotatable bonds is 7. The molecule has 5 rings (SSSR count). The Labute approximate surface area is 236 Å². The summed E-state index contributed by atoms with van der Waals surface area (Å²) in [4.78, 5) is 42.2. The van der Waals surface area contributed by atoms with Gasteiger partial charge in [0.2, 0.25) is 5.91 Å². The molecule has 0 unspecified atom stereocenters. The predicted molar refractivity (Wildman–Crippen MR) is 154 cm³/mol. The van der Waals surface area contributed by atoms with Crippen molar-refractivity contribution in [3.8, 4) is 22.4 Å². The van der Waals surface area contributed by atoms with Crippen LogP contribution >= 0.6 is 0 Å². The summed E-state index contributed by atoms with van der Waals surface area (Å²) in [6, 6.07) is 16.1. The van der Waals surface area contributed by atoms with E-state index in [1.54, 1.807) is 69.8 Å². The molecule has 3 N–H and O–H groups in total. The third kappa shape index (κ3) is 6.73. The van der Waals surface area contributed by atoms with E-state index in [0.717, 1.165) is 33.3 Å². The molecule has 2 amide bonds. The van der Waals surface area contributed by atoms with Crippen molar-refractivity contribution in [1.29, 1.82) is 0 Å². The monoisotopic (exact) mass is 552 g/mol. The number of hydrogen-bond acceptors (Lipinski definition) is 6. The molecule has 0 aliphatic carbocycles. The summed E-state index contributed by atoms with van der Waals surface area (Å²) >= 11 is 0. The summed E-state index contributed by atoms with van der Waals surface area (Å²) in [6.07, 6.45) is 6.16. The lowest BCUT2D eigenvalue weighted by atomic mass is 10.00. The van der Waals surface area contributed by atoms with E-state index in [1.807, 2.05) is 24.3 Å². The first kappa shape index (κ1) is 27.4. The molecule has 0 aliphatic rings. The Morgan fingerprint density at radius 1 is 0.951 bits per heavy atom. The fourth-order valence-corrected chi connectivity index (χ4v) is 4.42. The van der Waals surface area contributed by atoms with Crippen LogP contribution in [0.1, 0.15) is 26.3 Å². The molecule has 1 atom stereocenters. The van der Waals surface area contributed by atoms with Gasteiger partial charge in [0, 0.05) is 42.2 Å². The normalized spacial score (nSPS) is 12.1. The quantitative estimate of drug-likeness (QED) is 0.231. The third-order valence-corrected chi connectivity index (χ3v) is 6.18. The van der Waals surface area contributed by atoms with E-state index >= 15 is 0 Å². The van der Waals surface area contributed by atoms with Gasteiger partial charge in [-0.1, -0.05) is 6.07 Å². The van der Waals surface area contributed by atoms with Gasteiger partial charge in [0.25, 0.3) is 0 Å². The number of hydrogen-bond donors (Lipinski definition) is 3. The van der Waals surface area contributed by atoms with Crippen molar-refractivity contribution >= 4 is 28.9 Å². The highest BCUT2D eigenvalue weighted by Gasteiger charge is 2.26. The van der Waals surface area contributed by atoms with Crippen molar-refractivity contribution in [2.75, 3.05) is 5.32 Å². The SMILES string of the molecule is CC(C)(C)OC(=O)N[C@@H](Cc1cccnc1)C(=O)Nc1ccc2c(-c3ccncc3)c(-c3ccc(F)cc3)[nH]c2n1. The Bertz CT molecular complexity index is 1670. The van der Waals surface area contributed by atoms with Gasteiger partial charge in [0.1, 0.15) is 28.9 Å². The molecular formula is C31H29FN6O3. The number of aromatic nitrogens is 4. The maximum Gasteiger partial charge on any atom is 0.408 e.